The van der Waals surface area contributed by atoms with Crippen LogP contribution in [0.5, 0.6) is 0 Å². The molecule has 1 aliphatic rings. The molecule has 1 saturated heterocycles. The van der Waals surface area contributed by atoms with Gasteiger partial charge in [0.15, 0.2) is 0 Å². The van der Waals surface area contributed by atoms with Crippen LogP contribution in [0.25, 0.3) is 0 Å². The van der Waals surface area contributed by atoms with E-state index in [9.17, 15) is 0 Å². The minimum absolute atomic E-state index is 0.493. The van der Waals surface area contributed by atoms with Crippen molar-refractivity contribution in [2.75, 3.05) is 19.6 Å². The van der Waals surface area contributed by atoms with Crippen LogP contribution in [0.3, 0.4) is 0 Å². The van der Waals surface area contributed by atoms with E-state index in [1.807, 2.05) is 6.08 Å². The van der Waals surface area contributed by atoms with Crippen molar-refractivity contribution >= 4 is 5.71 Å². The van der Waals surface area contributed by atoms with Crippen molar-refractivity contribution in [3.05, 3.63) is 83.9 Å². The summed E-state index contributed by atoms with van der Waals surface area (Å²) in [5.41, 5.74) is 6.16. The van der Waals surface area contributed by atoms with Gasteiger partial charge in [-0.25, -0.2) is 0 Å². The zero-order valence-electron chi connectivity index (χ0n) is 19.4. The van der Waals surface area contributed by atoms with E-state index in [1.165, 1.54) is 16.8 Å². The van der Waals surface area contributed by atoms with Crippen LogP contribution in [-0.2, 0) is 6.42 Å². The number of benzene rings is 1. The second-order valence-corrected chi connectivity index (χ2v) is 8.22. The third-order valence-corrected chi connectivity index (χ3v) is 6.01. The zero-order chi connectivity index (χ0) is 21.9. The standard InChI is InChI=1S/C27H39N3/c1-7-21(3)20-27(29-23(5)22(4)8-2)26-15-18-30(19-16-26)24(6)28-17-14-25-12-10-9-11-13-25/h8-13,20,26,28H,2,6-7,14-19H2,1,3-5H3/b21-20-,23-22+,29-27+. The molecule has 0 aliphatic carbocycles. The molecule has 0 radical (unpaired) electrons. The number of aliphatic imine (C=N–C) groups is 1. The number of nitrogens with zero attached hydrogens (tertiary/aromatic N) is 2. The molecule has 1 aliphatic heterocycles. The Labute approximate surface area is 184 Å². The fourth-order valence-electron chi connectivity index (χ4n) is 3.58. The molecule has 1 N–H and O–H groups in total. The quantitative estimate of drug-likeness (QED) is 0.366. The summed E-state index contributed by atoms with van der Waals surface area (Å²) < 4.78 is 0. The van der Waals surface area contributed by atoms with E-state index in [0.717, 1.165) is 62.4 Å². The van der Waals surface area contributed by atoms with Gasteiger partial charge in [-0.15, -0.1) is 0 Å². The summed E-state index contributed by atoms with van der Waals surface area (Å²) in [6.45, 7) is 19.7. The van der Waals surface area contributed by atoms with E-state index in [4.69, 9.17) is 4.99 Å². The largest absolute Gasteiger partial charge is 0.372 e. The Morgan fingerprint density at radius 2 is 1.83 bits per heavy atom. The van der Waals surface area contributed by atoms with Crippen molar-refractivity contribution in [3.8, 4) is 0 Å². The summed E-state index contributed by atoms with van der Waals surface area (Å²) in [7, 11) is 0. The molecular weight excluding hydrogens is 366 g/mol. The lowest BCUT2D eigenvalue weighted by atomic mass is 9.90. The van der Waals surface area contributed by atoms with Gasteiger partial charge in [0.25, 0.3) is 0 Å². The molecule has 3 nitrogen and oxygen atoms in total. The second-order valence-electron chi connectivity index (χ2n) is 8.22. The van der Waals surface area contributed by atoms with Crippen LogP contribution in [0.15, 0.2) is 83.3 Å². The molecule has 0 saturated carbocycles. The van der Waals surface area contributed by atoms with Gasteiger partial charge in [-0.2, -0.15) is 0 Å². The number of hydrogen-bond acceptors (Lipinski definition) is 3. The summed E-state index contributed by atoms with van der Waals surface area (Å²) in [6.07, 6.45) is 8.47. The maximum Gasteiger partial charge on any atom is 0.0938 e. The van der Waals surface area contributed by atoms with Crippen LogP contribution in [0.1, 0.15) is 52.5 Å². The van der Waals surface area contributed by atoms with Gasteiger partial charge in [0.1, 0.15) is 0 Å². The molecule has 3 heteroatoms. The predicted octanol–water partition coefficient (Wildman–Crippen LogP) is 6.28. The molecule has 0 spiro atoms. The Hall–Kier alpha value is -2.55. The topological polar surface area (TPSA) is 27.6 Å². The molecule has 2 rings (SSSR count). The highest BCUT2D eigenvalue weighted by molar-refractivity contribution is 5.98. The van der Waals surface area contributed by atoms with Gasteiger partial charge in [0.05, 0.1) is 5.82 Å². The van der Waals surface area contributed by atoms with Crippen molar-refractivity contribution in [2.24, 2.45) is 10.9 Å². The number of rotatable bonds is 10. The average molecular weight is 406 g/mol. The molecule has 0 bridgehead atoms. The molecule has 1 fully saturated rings. The van der Waals surface area contributed by atoms with Crippen LogP contribution in [0, 0.1) is 5.92 Å². The molecule has 162 valence electrons. The third kappa shape index (κ3) is 7.37. The van der Waals surface area contributed by atoms with E-state index in [-0.39, 0.29) is 0 Å². The van der Waals surface area contributed by atoms with Crippen molar-refractivity contribution < 1.29 is 0 Å². The second kappa shape index (κ2) is 12.2. The van der Waals surface area contributed by atoms with Gasteiger partial charge in [-0.1, -0.05) is 62.1 Å². The summed E-state index contributed by atoms with van der Waals surface area (Å²) in [5.74, 6) is 1.54. The zero-order valence-corrected chi connectivity index (χ0v) is 19.4. The highest BCUT2D eigenvalue weighted by Crippen LogP contribution is 2.23. The lowest BCUT2D eigenvalue weighted by Crippen LogP contribution is -2.39. The Bertz CT molecular complexity index is 791. The van der Waals surface area contributed by atoms with Crippen LogP contribution in [0.2, 0.25) is 0 Å². The summed E-state index contributed by atoms with van der Waals surface area (Å²) >= 11 is 0. The van der Waals surface area contributed by atoms with E-state index < -0.39 is 0 Å². The first-order chi connectivity index (χ1) is 14.4. The van der Waals surface area contributed by atoms with E-state index >= 15 is 0 Å². The lowest BCUT2D eigenvalue weighted by Gasteiger charge is -2.35. The van der Waals surface area contributed by atoms with E-state index in [0.29, 0.717) is 5.92 Å². The number of hydrogen-bond donors (Lipinski definition) is 1. The first-order valence-electron chi connectivity index (χ1n) is 11.2. The fraction of sp³-hybridized carbons (Fsp3) is 0.444. The van der Waals surface area contributed by atoms with Crippen molar-refractivity contribution in [1.29, 1.82) is 0 Å². The highest BCUT2D eigenvalue weighted by Gasteiger charge is 2.23. The van der Waals surface area contributed by atoms with Gasteiger partial charge in [0, 0.05) is 37.0 Å². The molecule has 1 aromatic rings. The summed E-state index contributed by atoms with van der Waals surface area (Å²) in [6, 6.07) is 10.6. The predicted molar refractivity (Wildman–Crippen MR) is 132 cm³/mol. The first kappa shape index (κ1) is 23.7. The van der Waals surface area contributed by atoms with E-state index in [1.54, 1.807) is 0 Å². The molecule has 1 aromatic carbocycles. The minimum atomic E-state index is 0.493. The molecule has 0 atom stereocenters. The van der Waals surface area contributed by atoms with Crippen molar-refractivity contribution in [2.45, 2.75) is 53.4 Å². The molecular formula is C27H39N3. The minimum Gasteiger partial charge on any atom is -0.372 e. The fourth-order valence-corrected chi connectivity index (χ4v) is 3.58. The van der Waals surface area contributed by atoms with Crippen LogP contribution >= 0.6 is 0 Å². The number of nitrogens with one attached hydrogen (secondary N) is 1. The molecule has 0 unspecified atom stereocenters. The van der Waals surface area contributed by atoms with Crippen LogP contribution in [0.4, 0.5) is 0 Å². The third-order valence-electron chi connectivity index (χ3n) is 6.01. The van der Waals surface area contributed by atoms with Crippen LogP contribution < -0.4 is 5.32 Å². The maximum atomic E-state index is 5.00. The van der Waals surface area contributed by atoms with Gasteiger partial charge in [-0.3, -0.25) is 4.99 Å². The summed E-state index contributed by atoms with van der Waals surface area (Å²) in [5, 5.41) is 3.51. The van der Waals surface area contributed by atoms with Crippen LogP contribution in [-0.4, -0.2) is 30.2 Å². The Balaban J connectivity index is 1.94. The Kier molecular flexibility index (Phi) is 9.66. The van der Waals surface area contributed by atoms with Gasteiger partial charge >= 0.3 is 0 Å². The van der Waals surface area contributed by atoms with Gasteiger partial charge in [-0.05, 0) is 63.7 Å². The molecule has 0 aromatic heterocycles. The molecule has 0 amide bonds. The molecule has 1 heterocycles. The van der Waals surface area contributed by atoms with Gasteiger partial charge < -0.3 is 10.2 Å². The number of allylic oxidation sites excluding steroid dienone is 5. The first-order valence-corrected chi connectivity index (χ1v) is 11.2. The van der Waals surface area contributed by atoms with E-state index in [2.05, 4.69) is 87.5 Å². The normalized spacial score (nSPS) is 16.9. The highest BCUT2D eigenvalue weighted by atomic mass is 15.2. The lowest BCUT2D eigenvalue weighted by molar-refractivity contribution is 0.246. The Morgan fingerprint density at radius 1 is 1.17 bits per heavy atom. The van der Waals surface area contributed by atoms with Gasteiger partial charge in [0.2, 0.25) is 0 Å². The van der Waals surface area contributed by atoms with Crippen molar-refractivity contribution in [1.82, 2.24) is 10.2 Å². The molecule has 30 heavy (non-hydrogen) atoms. The SMILES string of the molecule is C=C/C(C)=C(C)/N=C(\C=C(\C)CC)C1CCN(C(=C)NCCc2ccccc2)CC1. The number of piperidine rings is 1. The average Bonchev–Trinajstić information content (AvgIpc) is 2.78. The monoisotopic (exact) mass is 405 g/mol. The van der Waals surface area contributed by atoms with Crippen molar-refractivity contribution in [3.63, 3.8) is 0 Å². The number of likely N-dealkylation sites (tertiary alicyclic amines) is 1. The maximum absolute atomic E-state index is 5.00. The summed E-state index contributed by atoms with van der Waals surface area (Å²) in [4.78, 5) is 7.39. The smallest absolute Gasteiger partial charge is 0.0938 e. The Morgan fingerprint density at radius 3 is 2.43 bits per heavy atom.